The Morgan fingerprint density at radius 3 is 2.54 bits per heavy atom. The van der Waals surface area contributed by atoms with Crippen LogP contribution in [0.2, 0.25) is 0 Å². The van der Waals surface area contributed by atoms with Crippen LogP contribution < -0.4 is 0 Å². The van der Waals surface area contributed by atoms with Crippen molar-refractivity contribution in [2.75, 3.05) is 0 Å². The number of hydrogen-bond donors (Lipinski definition) is 0. The van der Waals surface area contributed by atoms with Crippen molar-refractivity contribution < 1.29 is 9.18 Å². The third-order valence-electron chi connectivity index (χ3n) is 2.41. The molecule has 1 radical (unpaired) electrons. The molecule has 13 heavy (non-hydrogen) atoms. The van der Waals surface area contributed by atoms with E-state index >= 15 is 0 Å². The maximum atomic E-state index is 13.1. The Bertz CT molecular complexity index is 329. The molecule has 2 heteroatoms. The van der Waals surface area contributed by atoms with Gasteiger partial charge in [0.05, 0.1) is 0 Å². The average Bonchev–Trinajstić information content (AvgIpc) is 2.90. The standard InChI is InChI=1S/C11H10FO/c12-10-4-2-1-3-9(10)7-11(8-13)5-6-11/h1-4,7-8H,5-6H2. The number of carbonyl (C=O) groups excluding carboxylic acids is 1. The van der Waals surface area contributed by atoms with Gasteiger partial charge in [-0.1, -0.05) is 18.2 Å². The zero-order chi connectivity index (χ0) is 9.31. The molecule has 0 aliphatic heterocycles. The van der Waals surface area contributed by atoms with E-state index in [0.717, 1.165) is 19.1 Å². The van der Waals surface area contributed by atoms with Crippen LogP contribution in [-0.2, 0) is 4.79 Å². The van der Waals surface area contributed by atoms with Crippen LogP contribution in [0.3, 0.4) is 0 Å². The third-order valence-corrected chi connectivity index (χ3v) is 2.41. The third kappa shape index (κ3) is 1.62. The maximum Gasteiger partial charge on any atom is 0.126 e. The smallest absolute Gasteiger partial charge is 0.126 e. The van der Waals surface area contributed by atoms with E-state index in [9.17, 15) is 9.18 Å². The van der Waals surface area contributed by atoms with Crippen molar-refractivity contribution in [1.29, 1.82) is 0 Å². The molecule has 0 heterocycles. The number of hydrogen-bond acceptors (Lipinski definition) is 1. The monoisotopic (exact) mass is 177 g/mol. The first-order valence-corrected chi connectivity index (χ1v) is 4.33. The molecule has 0 amide bonds. The maximum absolute atomic E-state index is 13.1. The molecule has 67 valence electrons. The van der Waals surface area contributed by atoms with E-state index in [2.05, 4.69) is 0 Å². The highest BCUT2D eigenvalue weighted by Gasteiger charge is 2.43. The normalized spacial score (nSPS) is 18.2. The molecular weight excluding hydrogens is 167 g/mol. The van der Waals surface area contributed by atoms with E-state index in [1.165, 1.54) is 6.07 Å². The highest BCUT2D eigenvalue weighted by molar-refractivity contribution is 5.67. The molecule has 0 atom stereocenters. The predicted molar refractivity (Wildman–Crippen MR) is 47.5 cm³/mol. The first kappa shape index (κ1) is 8.42. The predicted octanol–water partition coefficient (Wildman–Crippen LogP) is 2.36. The van der Waals surface area contributed by atoms with Gasteiger partial charge in [-0.2, -0.15) is 0 Å². The summed E-state index contributed by atoms with van der Waals surface area (Å²) in [6.45, 7) is 0. The lowest BCUT2D eigenvalue weighted by molar-refractivity contribution is -0.111. The quantitative estimate of drug-likeness (QED) is 0.648. The Kier molecular flexibility index (Phi) is 1.91. The zero-order valence-corrected chi connectivity index (χ0v) is 7.16. The van der Waals surface area contributed by atoms with Gasteiger partial charge in [-0.3, -0.25) is 0 Å². The van der Waals surface area contributed by atoms with Crippen molar-refractivity contribution >= 4 is 6.29 Å². The van der Waals surface area contributed by atoms with Crippen LogP contribution in [0.15, 0.2) is 24.3 Å². The minimum absolute atomic E-state index is 0.254. The molecule has 0 saturated heterocycles. The summed E-state index contributed by atoms with van der Waals surface area (Å²) in [5.74, 6) is -0.254. The van der Waals surface area contributed by atoms with Crippen molar-refractivity contribution in [1.82, 2.24) is 0 Å². The van der Waals surface area contributed by atoms with Crippen LogP contribution in [0.4, 0.5) is 4.39 Å². The van der Waals surface area contributed by atoms with Crippen LogP contribution >= 0.6 is 0 Å². The van der Waals surface area contributed by atoms with Crippen LogP contribution in [-0.4, -0.2) is 6.29 Å². The van der Waals surface area contributed by atoms with Crippen LogP contribution in [0.25, 0.3) is 0 Å². The van der Waals surface area contributed by atoms with Crippen LogP contribution in [0.1, 0.15) is 18.4 Å². The lowest BCUT2D eigenvalue weighted by atomic mass is 9.98. The molecule has 1 nitrogen and oxygen atoms in total. The average molecular weight is 177 g/mol. The van der Waals surface area contributed by atoms with Crippen molar-refractivity contribution in [2.45, 2.75) is 12.8 Å². The molecule has 2 rings (SSSR count). The van der Waals surface area contributed by atoms with E-state index in [-0.39, 0.29) is 11.2 Å². The Labute approximate surface area is 76.6 Å². The van der Waals surface area contributed by atoms with Crippen LogP contribution in [0, 0.1) is 17.7 Å². The van der Waals surface area contributed by atoms with E-state index < -0.39 is 0 Å². The molecule has 1 saturated carbocycles. The number of rotatable bonds is 3. The minimum atomic E-state index is -0.359. The molecule has 1 aromatic carbocycles. The largest absolute Gasteiger partial charge is 0.303 e. The lowest BCUT2D eigenvalue weighted by Crippen LogP contribution is -2.04. The second-order valence-corrected chi connectivity index (χ2v) is 3.52. The molecule has 0 N–H and O–H groups in total. The highest BCUT2D eigenvalue weighted by Crippen LogP contribution is 2.47. The second-order valence-electron chi connectivity index (χ2n) is 3.52. The summed E-state index contributed by atoms with van der Waals surface area (Å²) in [6.07, 6.45) is 4.35. The summed E-state index contributed by atoms with van der Waals surface area (Å²) in [5.41, 5.74) is 0.175. The summed E-state index contributed by atoms with van der Waals surface area (Å²) in [4.78, 5) is 10.7. The van der Waals surface area contributed by atoms with Crippen LogP contribution in [0.5, 0.6) is 0 Å². The van der Waals surface area contributed by atoms with Gasteiger partial charge in [0.2, 0.25) is 0 Å². The Balaban J connectivity index is 2.18. The Morgan fingerprint density at radius 2 is 2.00 bits per heavy atom. The van der Waals surface area contributed by atoms with Gasteiger partial charge in [0.25, 0.3) is 0 Å². The Morgan fingerprint density at radius 1 is 1.31 bits per heavy atom. The summed E-state index contributed by atoms with van der Waals surface area (Å²) in [6, 6.07) is 6.52. The molecule has 0 aromatic heterocycles. The van der Waals surface area contributed by atoms with Gasteiger partial charge in [0, 0.05) is 11.8 Å². The van der Waals surface area contributed by atoms with Gasteiger partial charge in [-0.25, -0.2) is 4.39 Å². The fourth-order valence-corrected chi connectivity index (χ4v) is 1.34. The molecule has 1 aromatic rings. The van der Waals surface area contributed by atoms with E-state index in [1.807, 2.05) is 0 Å². The first-order valence-electron chi connectivity index (χ1n) is 4.33. The van der Waals surface area contributed by atoms with Gasteiger partial charge < -0.3 is 4.79 Å². The molecule has 0 bridgehead atoms. The molecule has 0 spiro atoms. The highest BCUT2D eigenvalue weighted by atomic mass is 19.1. The fourth-order valence-electron chi connectivity index (χ4n) is 1.34. The molecule has 0 unspecified atom stereocenters. The molecule has 1 fully saturated rings. The van der Waals surface area contributed by atoms with E-state index in [0.29, 0.717) is 5.56 Å². The Hall–Kier alpha value is -1.18. The van der Waals surface area contributed by atoms with Gasteiger partial charge in [-0.05, 0) is 24.5 Å². The van der Waals surface area contributed by atoms with Crippen molar-refractivity contribution in [3.8, 4) is 0 Å². The van der Waals surface area contributed by atoms with E-state index in [4.69, 9.17) is 0 Å². The van der Waals surface area contributed by atoms with Gasteiger partial charge in [0.15, 0.2) is 0 Å². The number of aldehydes is 1. The summed E-state index contributed by atoms with van der Waals surface area (Å²) >= 11 is 0. The number of carbonyl (C=O) groups is 1. The SMILES string of the molecule is O=CC1([CH]c2ccccc2F)CC1. The minimum Gasteiger partial charge on any atom is -0.303 e. The molecule has 1 aliphatic carbocycles. The van der Waals surface area contributed by atoms with E-state index in [1.54, 1.807) is 24.6 Å². The molecular formula is C11H10FO. The molecule has 1 aliphatic rings. The number of halogens is 1. The van der Waals surface area contributed by atoms with Crippen molar-refractivity contribution in [3.63, 3.8) is 0 Å². The number of benzene rings is 1. The second kappa shape index (κ2) is 2.95. The lowest BCUT2D eigenvalue weighted by Gasteiger charge is -2.06. The van der Waals surface area contributed by atoms with Gasteiger partial charge >= 0.3 is 0 Å². The van der Waals surface area contributed by atoms with Crippen molar-refractivity contribution in [3.05, 3.63) is 42.1 Å². The zero-order valence-electron chi connectivity index (χ0n) is 7.16. The van der Waals surface area contributed by atoms with Gasteiger partial charge in [-0.15, -0.1) is 0 Å². The fraction of sp³-hybridized carbons (Fsp3) is 0.273. The van der Waals surface area contributed by atoms with Gasteiger partial charge in [0.1, 0.15) is 12.1 Å². The summed E-state index contributed by atoms with van der Waals surface area (Å²) in [5, 5.41) is 0. The topological polar surface area (TPSA) is 17.1 Å². The van der Waals surface area contributed by atoms with Crippen molar-refractivity contribution in [2.24, 2.45) is 5.41 Å². The summed E-state index contributed by atoms with van der Waals surface area (Å²) < 4.78 is 13.1. The summed E-state index contributed by atoms with van der Waals surface area (Å²) in [7, 11) is 0. The first-order chi connectivity index (χ1) is 6.26.